The molecule has 0 aliphatic carbocycles. The van der Waals surface area contributed by atoms with Gasteiger partial charge in [-0.25, -0.2) is 9.67 Å². The second-order valence-corrected chi connectivity index (χ2v) is 9.24. The second kappa shape index (κ2) is 7.47. The molecule has 1 aliphatic rings. The van der Waals surface area contributed by atoms with Gasteiger partial charge in [0, 0.05) is 29.9 Å². The number of Topliss-reactive ketones (excluding diaryl/α,β-unsaturated/α-hetero) is 1. The van der Waals surface area contributed by atoms with Crippen LogP contribution in [0.3, 0.4) is 0 Å². The minimum Gasteiger partial charge on any atom is -0.360 e. The minimum atomic E-state index is -0.180. The highest BCUT2D eigenvalue weighted by molar-refractivity contribution is 7.11. The zero-order chi connectivity index (χ0) is 19.7. The summed E-state index contributed by atoms with van der Waals surface area (Å²) in [5.41, 5.74) is 1.71. The Labute approximate surface area is 169 Å². The molecule has 0 amide bonds. The average molecular weight is 396 g/mol. The van der Waals surface area contributed by atoms with Crippen molar-refractivity contribution in [3.63, 3.8) is 0 Å². The van der Waals surface area contributed by atoms with Gasteiger partial charge in [0.05, 0.1) is 23.3 Å². The first-order valence-corrected chi connectivity index (χ1v) is 10.5. The third-order valence-electron chi connectivity index (χ3n) is 5.21. The molecule has 3 aromatic heterocycles. The van der Waals surface area contributed by atoms with Crippen LogP contribution in [0.25, 0.3) is 0 Å². The molecule has 0 aromatic carbocycles. The molecule has 1 N–H and O–H groups in total. The smallest absolute Gasteiger partial charge is 0.168 e. The maximum atomic E-state index is 12.9. The topological polar surface area (TPSA) is 72.7 Å². The monoisotopic (exact) mass is 395 g/mol. The first-order chi connectivity index (χ1) is 13.4. The van der Waals surface area contributed by atoms with Crippen molar-refractivity contribution in [2.45, 2.75) is 58.0 Å². The van der Waals surface area contributed by atoms with E-state index < -0.39 is 0 Å². The predicted octanol–water partition coefficient (Wildman–Crippen LogP) is 4.54. The number of fused-ring (bicyclic) bond motifs is 1. The number of thiazole rings is 1. The number of aryl methyl sites for hydroxylation is 2. The quantitative estimate of drug-likeness (QED) is 0.620. The number of ketones is 1. The highest BCUT2D eigenvalue weighted by atomic mass is 32.1. The lowest BCUT2D eigenvalue weighted by molar-refractivity contribution is 0.0980. The number of rotatable bonds is 6. The summed E-state index contributed by atoms with van der Waals surface area (Å²) >= 11 is 1.70. The van der Waals surface area contributed by atoms with Crippen LogP contribution in [0.1, 0.15) is 65.0 Å². The lowest BCUT2D eigenvalue weighted by atomic mass is 9.92. The molecule has 0 radical (unpaired) electrons. The fraction of sp³-hybridized carbons (Fsp3) is 0.429. The van der Waals surface area contributed by atoms with Crippen LogP contribution in [0.2, 0.25) is 0 Å². The molecule has 0 saturated heterocycles. The molecule has 6 nitrogen and oxygen atoms in total. The van der Waals surface area contributed by atoms with E-state index in [4.69, 9.17) is 0 Å². The van der Waals surface area contributed by atoms with Crippen molar-refractivity contribution in [3.05, 3.63) is 57.9 Å². The van der Waals surface area contributed by atoms with Gasteiger partial charge < -0.3 is 5.32 Å². The van der Waals surface area contributed by atoms with Crippen molar-refractivity contribution in [3.8, 4) is 0 Å². The van der Waals surface area contributed by atoms with Gasteiger partial charge in [0.2, 0.25) is 0 Å². The number of nitrogens with one attached hydrogen (secondary N) is 1. The predicted molar refractivity (Wildman–Crippen MR) is 111 cm³/mol. The highest BCUT2D eigenvalue weighted by Gasteiger charge is 2.37. The van der Waals surface area contributed by atoms with Crippen LogP contribution in [-0.2, 0) is 12.0 Å². The Morgan fingerprint density at radius 2 is 2.11 bits per heavy atom. The zero-order valence-corrected chi connectivity index (χ0v) is 17.3. The van der Waals surface area contributed by atoms with Crippen LogP contribution in [0.15, 0.2) is 36.9 Å². The SMILES string of the molecule is Cc1cnc(C2CC(C)(C)n3ncc(C(=O)CCCc4ccncc4)c3N2)s1. The van der Waals surface area contributed by atoms with Gasteiger partial charge in [-0.15, -0.1) is 11.3 Å². The molecular weight excluding hydrogens is 370 g/mol. The minimum absolute atomic E-state index is 0.0984. The third-order valence-corrected chi connectivity index (χ3v) is 6.24. The van der Waals surface area contributed by atoms with Crippen LogP contribution in [0, 0.1) is 6.92 Å². The van der Waals surface area contributed by atoms with Crippen LogP contribution < -0.4 is 5.32 Å². The Morgan fingerprint density at radius 3 is 2.82 bits per heavy atom. The number of pyridine rings is 1. The van der Waals surface area contributed by atoms with Crippen LogP contribution in [-0.4, -0.2) is 25.5 Å². The zero-order valence-electron chi connectivity index (χ0n) is 16.5. The molecule has 28 heavy (non-hydrogen) atoms. The van der Waals surface area contributed by atoms with Crippen LogP contribution in [0.5, 0.6) is 0 Å². The number of nitrogens with zero attached hydrogens (tertiary/aromatic N) is 4. The van der Waals surface area contributed by atoms with E-state index in [-0.39, 0.29) is 17.4 Å². The van der Waals surface area contributed by atoms with Crippen LogP contribution >= 0.6 is 11.3 Å². The molecule has 3 aromatic rings. The van der Waals surface area contributed by atoms with Crippen molar-refractivity contribution in [2.24, 2.45) is 0 Å². The van der Waals surface area contributed by atoms with E-state index in [9.17, 15) is 4.79 Å². The summed E-state index contributed by atoms with van der Waals surface area (Å²) in [4.78, 5) is 22.7. The second-order valence-electron chi connectivity index (χ2n) is 7.97. The van der Waals surface area contributed by atoms with Gasteiger partial charge in [-0.05, 0) is 57.7 Å². The fourth-order valence-corrected chi connectivity index (χ4v) is 4.60. The summed E-state index contributed by atoms with van der Waals surface area (Å²) in [7, 11) is 0. The van der Waals surface area contributed by atoms with E-state index in [1.807, 2.05) is 23.0 Å². The van der Waals surface area contributed by atoms with Crippen molar-refractivity contribution < 1.29 is 4.79 Å². The Kier molecular flexibility index (Phi) is 5.02. The van der Waals surface area contributed by atoms with Gasteiger partial charge in [-0.1, -0.05) is 0 Å². The fourth-order valence-electron chi connectivity index (χ4n) is 3.77. The van der Waals surface area contributed by atoms with Gasteiger partial charge in [-0.2, -0.15) is 5.10 Å². The Balaban J connectivity index is 1.51. The molecule has 1 unspecified atom stereocenters. The normalized spacial score (nSPS) is 17.8. The average Bonchev–Trinajstić information content (AvgIpc) is 3.29. The number of anilines is 1. The maximum Gasteiger partial charge on any atom is 0.168 e. The van der Waals surface area contributed by atoms with E-state index in [1.165, 1.54) is 10.4 Å². The Bertz CT molecular complexity index is 976. The number of hydrogen-bond acceptors (Lipinski definition) is 6. The van der Waals surface area contributed by atoms with Gasteiger partial charge >= 0.3 is 0 Å². The summed E-state index contributed by atoms with van der Waals surface area (Å²) in [6.45, 7) is 6.39. The molecule has 7 heteroatoms. The van der Waals surface area contributed by atoms with Crippen molar-refractivity contribution in [1.82, 2.24) is 19.7 Å². The number of carbonyl (C=O) groups excluding carboxylic acids is 1. The summed E-state index contributed by atoms with van der Waals surface area (Å²) in [5, 5.41) is 9.14. The molecule has 1 aliphatic heterocycles. The summed E-state index contributed by atoms with van der Waals surface area (Å²) in [5.74, 6) is 0.956. The number of hydrogen-bond donors (Lipinski definition) is 1. The standard InChI is InChI=1S/C21H25N5OS/c1-14-12-23-20(28-14)17-11-21(2,3)26-19(25-17)16(13-24-26)18(27)6-4-5-15-7-9-22-10-8-15/h7-10,12-13,17,25H,4-6,11H2,1-3H3. The lowest BCUT2D eigenvalue weighted by Crippen LogP contribution is -2.38. The van der Waals surface area contributed by atoms with E-state index in [0.29, 0.717) is 12.0 Å². The van der Waals surface area contributed by atoms with Crippen molar-refractivity contribution in [2.75, 3.05) is 5.32 Å². The molecule has 146 valence electrons. The van der Waals surface area contributed by atoms with E-state index >= 15 is 0 Å². The van der Waals surface area contributed by atoms with Crippen LogP contribution in [0.4, 0.5) is 5.82 Å². The highest BCUT2D eigenvalue weighted by Crippen LogP contribution is 2.41. The molecule has 0 fully saturated rings. The van der Waals surface area contributed by atoms with Gasteiger partial charge in [-0.3, -0.25) is 9.78 Å². The summed E-state index contributed by atoms with van der Waals surface area (Å²) < 4.78 is 1.96. The molecule has 4 heterocycles. The van der Waals surface area contributed by atoms with E-state index in [2.05, 4.69) is 41.2 Å². The van der Waals surface area contributed by atoms with Gasteiger partial charge in [0.25, 0.3) is 0 Å². The molecule has 1 atom stereocenters. The first-order valence-electron chi connectivity index (χ1n) is 9.63. The van der Waals surface area contributed by atoms with Crippen molar-refractivity contribution >= 4 is 22.9 Å². The third kappa shape index (κ3) is 3.71. The molecule has 0 spiro atoms. The van der Waals surface area contributed by atoms with E-state index in [1.54, 1.807) is 29.9 Å². The summed E-state index contributed by atoms with van der Waals surface area (Å²) in [6.07, 6.45) is 10.3. The molecule has 4 rings (SSSR count). The first kappa shape index (κ1) is 18.8. The molecule has 0 bridgehead atoms. The molecule has 0 saturated carbocycles. The van der Waals surface area contributed by atoms with Gasteiger partial charge in [0.15, 0.2) is 5.78 Å². The maximum absolute atomic E-state index is 12.9. The number of carbonyl (C=O) groups is 1. The molecular formula is C21H25N5OS. The van der Waals surface area contributed by atoms with E-state index in [0.717, 1.165) is 30.1 Å². The van der Waals surface area contributed by atoms with Crippen molar-refractivity contribution in [1.29, 1.82) is 0 Å². The largest absolute Gasteiger partial charge is 0.360 e. The Morgan fingerprint density at radius 1 is 1.32 bits per heavy atom. The van der Waals surface area contributed by atoms with Gasteiger partial charge in [0.1, 0.15) is 10.8 Å². The lowest BCUT2D eigenvalue weighted by Gasteiger charge is -2.37. The number of aromatic nitrogens is 4. The Hall–Kier alpha value is -2.54. The summed E-state index contributed by atoms with van der Waals surface area (Å²) in [6, 6.07) is 4.09.